The van der Waals surface area contributed by atoms with Crippen LogP contribution in [0.15, 0.2) is 84.9 Å². The maximum atomic E-state index is 14.3. The molecule has 1 saturated carbocycles. The molecule has 248 valence electrons. The number of hydrogen-bond acceptors (Lipinski definition) is 6. The molecule has 1 aliphatic heterocycles. The molecule has 2 aliphatic rings. The van der Waals surface area contributed by atoms with Crippen LogP contribution < -0.4 is 5.32 Å². The molecule has 2 fully saturated rings. The van der Waals surface area contributed by atoms with Crippen molar-refractivity contribution in [2.45, 2.75) is 89.8 Å². The number of carbonyl (C=O) groups is 4. The number of carbonyl (C=O) groups excluding carboxylic acids is 4. The fourth-order valence-corrected chi connectivity index (χ4v) is 6.71. The Morgan fingerprint density at radius 2 is 1.49 bits per heavy atom. The molecule has 47 heavy (non-hydrogen) atoms. The van der Waals surface area contributed by atoms with Crippen LogP contribution in [-0.4, -0.2) is 53.9 Å². The molecule has 3 aromatic rings. The van der Waals surface area contributed by atoms with Crippen LogP contribution in [0.1, 0.15) is 75.8 Å². The van der Waals surface area contributed by atoms with Crippen LogP contribution in [0.2, 0.25) is 0 Å². The molecule has 3 aromatic carbocycles. The first kappa shape index (κ1) is 33.9. The first-order valence-corrected chi connectivity index (χ1v) is 17.0. The van der Waals surface area contributed by atoms with Gasteiger partial charge in [-0.25, -0.2) is 4.79 Å². The molecule has 5 rings (SSSR count). The molecule has 0 radical (unpaired) electrons. The first-order valence-electron chi connectivity index (χ1n) is 17.0. The van der Waals surface area contributed by atoms with Crippen LogP contribution in [-0.2, 0) is 41.7 Å². The van der Waals surface area contributed by atoms with Crippen LogP contribution in [0.5, 0.6) is 0 Å². The number of esters is 2. The fourth-order valence-electron chi connectivity index (χ4n) is 6.71. The van der Waals surface area contributed by atoms with Gasteiger partial charge in [0.1, 0.15) is 18.7 Å². The van der Waals surface area contributed by atoms with E-state index in [9.17, 15) is 19.2 Å². The molecule has 1 N–H and O–H groups in total. The van der Waals surface area contributed by atoms with Crippen molar-refractivity contribution in [3.8, 4) is 11.1 Å². The SMILES string of the molecule is CCCCOC(=O)CC1(C(=O)N[C@@H](Cc2ccc(-c3ccccc3)cc2)C(=O)N2CCC[C@H]2C(=O)OCc2ccccc2)CCCC1. The van der Waals surface area contributed by atoms with Gasteiger partial charge in [-0.15, -0.1) is 0 Å². The number of rotatable bonds is 14. The molecule has 0 bridgehead atoms. The van der Waals surface area contributed by atoms with Gasteiger partial charge in [-0.3, -0.25) is 14.4 Å². The molecule has 1 aliphatic carbocycles. The molecule has 0 aromatic heterocycles. The van der Waals surface area contributed by atoms with Crippen molar-refractivity contribution in [3.63, 3.8) is 0 Å². The van der Waals surface area contributed by atoms with Crippen molar-refractivity contribution in [1.29, 1.82) is 0 Å². The summed E-state index contributed by atoms with van der Waals surface area (Å²) < 4.78 is 11.1. The second kappa shape index (κ2) is 16.4. The Morgan fingerprint density at radius 3 is 2.17 bits per heavy atom. The zero-order valence-electron chi connectivity index (χ0n) is 27.3. The van der Waals surface area contributed by atoms with Crippen LogP contribution in [0.4, 0.5) is 0 Å². The molecular weight excluding hydrogens is 592 g/mol. The number of nitrogens with one attached hydrogen (secondary N) is 1. The van der Waals surface area contributed by atoms with E-state index >= 15 is 0 Å². The molecule has 1 heterocycles. The van der Waals surface area contributed by atoms with Crippen molar-refractivity contribution in [2.75, 3.05) is 13.2 Å². The number of amides is 2. The summed E-state index contributed by atoms with van der Waals surface area (Å²) in [4.78, 5) is 56.0. The number of ether oxygens (including phenoxy) is 2. The normalized spacial score (nSPS) is 17.6. The number of nitrogens with zero attached hydrogens (tertiary/aromatic N) is 1. The number of unbranched alkanes of at least 4 members (excludes halogenated alkanes) is 1. The van der Waals surface area contributed by atoms with E-state index in [4.69, 9.17) is 9.47 Å². The van der Waals surface area contributed by atoms with Crippen LogP contribution in [0.25, 0.3) is 11.1 Å². The Kier molecular flexibility index (Phi) is 11.8. The highest BCUT2D eigenvalue weighted by atomic mass is 16.5. The summed E-state index contributed by atoms with van der Waals surface area (Å²) in [6.07, 6.45) is 5.87. The maximum absolute atomic E-state index is 14.3. The summed E-state index contributed by atoms with van der Waals surface area (Å²) in [6.45, 7) is 2.89. The zero-order chi connectivity index (χ0) is 33.1. The molecule has 0 spiro atoms. The molecule has 0 unspecified atom stereocenters. The van der Waals surface area contributed by atoms with Crippen LogP contribution in [0.3, 0.4) is 0 Å². The lowest BCUT2D eigenvalue weighted by atomic mass is 9.81. The summed E-state index contributed by atoms with van der Waals surface area (Å²) in [6, 6.07) is 25.8. The van der Waals surface area contributed by atoms with E-state index in [0.717, 1.165) is 47.9 Å². The summed E-state index contributed by atoms with van der Waals surface area (Å²) in [7, 11) is 0. The van der Waals surface area contributed by atoms with E-state index in [2.05, 4.69) is 5.32 Å². The summed E-state index contributed by atoms with van der Waals surface area (Å²) in [5.74, 6) is -1.44. The quantitative estimate of drug-likeness (QED) is 0.162. The Hall–Kier alpha value is -4.46. The van der Waals surface area contributed by atoms with E-state index in [0.29, 0.717) is 38.8 Å². The minimum Gasteiger partial charge on any atom is -0.466 e. The van der Waals surface area contributed by atoms with E-state index in [1.54, 1.807) is 4.90 Å². The number of hydrogen-bond donors (Lipinski definition) is 1. The van der Waals surface area contributed by atoms with Crippen LogP contribution in [0, 0.1) is 5.41 Å². The Labute approximate surface area is 277 Å². The van der Waals surface area contributed by atoms with Gasteiger partial charge >= 0.3 is 11.9 Å². The fraction of sp³-hybridized carbons (Fsp3) is 0.436. The second-order valence-corrected chi connectivity index (χ2v) is 12.8. The highest BCUT2D eigenvalue weighted by Crippen LogP contribution is 2.42. The third kappa shape index (κ3) is 8.88. The van der Waals surface area contributed by atoms with Crippen LogP contribution >= 0.6 is 0 Å². The smallest absolute Gasteiger partial charge is 0.329 e. The summed E-state index contributed by atoms with van der Waals surface area (Å²) in [5.41, 5.74) is 2.97. The number of benzene rings is 3. The monoisotopic (exact) mass is 638 g/mol. The van der Waals surface area contributed by atoms with Gasteiger partial charge in [-0.1, -0.05) is 111 Å². The average Bonchev–Trinajstić information content (AvgIpc) is 3.79. The van der Waals surface area contributed by atoms with Crippen molar-refractivity contribution in [1.82, 2.24) is 10.2 Å². The first-order chi connectivity index (χ1) is 22.9. The maximum Gasteiger partial charge on any atom is 0.329 e. The molecule has 2 amide bonds. The van der Waals surface area contributed by atoms with Crippen molar-refractivity contribution in [2.24, 2.45) is 5.41 Å². The Bertz CT molecular complexity index is 1480. The summed E-state index contributed by atoms with van der Waals surface area (Å²) in [5, 5.41) is 3.07. The van der Waals surface area contributed by atoms with Gasteiger partial charge in [0.25, 0.3) is 0 Å². The largest absolute Gasteiger partial charge is 0.466 e. The third-order valence-electron chi connectivity index (χ3n) is 9.42. The van der Waals surface area contributed by atoms with E-state index in [1.807, 2.05) is 91.9 Å². The molecular formula is C39H46N2O6. The van der Waals surface area contributed by atoms with Gasteiger partial charge in [0.2, 0.25) is 11.8 Å². The highest BCUT2D eigenvalue weighted by molar-refractivity contribution is 5.94. The summed E-state index contributed by atoms with van der Waals surface area (Å²) >= 11 is 0. The van der Waals surface area contributed by atoms with Gasteiger partial charge in [0, 0.05) is 13.0 Å². The topological polar surface area (TPSA) is 102 Å². The highest BCUT2D eigenvalue weighted by Gasteiger charge is 2.46. The molecule has 8 nitrogen and oxygen atoms in total. The van der Waals surface area contributed by atoms with Crippen molar-refractivity contribution >= 4 is 23.8 Å². The van der Waals surface area contributed by atoms with Gasteiger partial charge in [0.15, 0.2) is 0 Å². The van der Waals surface area contributed by atoms with E-state index in [-0.39, 0.29) is 37.2 Å². The zero-order valence-corrected chi connectivity index (χ0v) is 27.3. The van der Waals surface area contributed by atoms with Gasteiger partial charge in [-0.05, 0) is 54.4 Å². The number of likely N-dealkylation sites (tertiary alicyclic amines) is 1. The predicted octanol–water partition coefficient (Wildman–Crippen LogP) is 6.41. The van der Waals surface area contributed by atoms with Crippen molar-refractivity contribution in [3.05, 3.63) is 96.1 Å². The van der Waals surface area contributed by atoms with Crippen molar-refractivity contribution < 1.29 is 28.7 Å². The van der Waals surface area contributed by atoms with E-state index in [1.165, 1.54) is 0 Å². The molecule has 1 saturated heterocycles. The standard InChI is InChI=1S/C39H46N2O6/c1-2-3-25-46-35(42)27-39(22-10-11-23-39)38(45)40-33(26-29-18-20-32(21-19-29)31-15-8-5-9-16-31)36(43)41-24-12-17-34(41)37(44)47-28-30-13-6-4-7-14-30/h4-9,13-16,18-21,33-34H,2-3,10-12,17,22-28H2,1H3,(H,40,45)/t33-,34-/m0/s1. The van der Waals surface area contributed by atoms with Gasteiger partial charge in [0.05, 0.1) is 18.4 Å². The van der Waals surface area contributed by atoms with E-state index < -0.39 is 23.5 Å². The van der Waals surface area contributed by atoms with Gasteiger partial charge in [-0.2, -0.15) is 0 Å². The molecule has 8 heteroatoms. The van der Waals surface area contributed by atoms with Gasteiger partial charge < -0.3 is 19.7 Å². The minimum atomic E-state index is -0.919. The Balaban J connectivity index is 1.34. The predicted molar refractivity (Wildman–Crippen MR) is 180 cm³/mol. The lowest BCUT2D eigenvalue weighted by Crippen LogP contribution is -2.55. The Morgan fingerprint density at radius 1 is 0.830 bits per heavy atom. The minimum absolute atomic E-state index is 0.00657. The average molecular weight is 639 g/mol. The third-order valence-corrected chi connectivity index (χ3v) is 9.42. The lowest BCUT2D eigenvalue weighted by molar-refractivity contribution is -0.156. The molecule has 2 atom stereocenters. The second-order valence-electron chi connectivity index (χ2n) is 12.8. The lowest BCUT2D eigenvalue weighted by Gasteiger charge is -2.32.